The van der Waals surface area contributed by atoms with Crippen LogP contribution in [0.5, 0.6) is 0 Å². The van der Waals surface area contributed by atoms with Gasteiger partial charge in [-0.15, -0.1) is 23.5 Å². The van der Waals surface area contributed by atoms with E-state index in [-0.39, 0.29) is 28.1 Å². The first-order chi connectivity index (χ1) is 21.3. The first-order valence-electron chi connectivity index (χ1n) is 13.7. The van der Waals surface area contributed by atoms with Gasteiger partial charge in [0.25, 0.3) is 0 Å². The predicted octanol–water partition coefficient (Wildman–Crippen LogP) is 6.81. The SMILES string of the molecule is NS(=O)(=O)c1ccc(NC(=O)C(Sc2cccc(NC(=O)N3c4ccccc4SC4C=CC=CC43)c2)c2ccccc2)cc1. The molecule has 222 valence electrons. The van der Waals surface area contributed by atoms with Crippen LogP contribution in [0, 0.1) is 0 Å². The minimum absolute atomic E-state index is 0.0402. The second-order valence-electron chi connectivity index (χ2n) is 10.1. The molecule has 8 nitrogen and oxygen atoms in total. The zero-order valence-electron chi connectivity index (χ0n) is 23.2. The summed E-state index contributed by atoms with van der Waals surface area (Å²) in [4.78, 5) is 30.9. The molecule has 6 rings (SSSR count). The molecule has 0 fully saturated rings. The highest BCUT2D eigenvalue weighted by Crippen LogP contribution is 2.44. The fourth-order valence-electron chi connectivity index (χ4n) is 5.03. The maximum absolute atomic E-state index is 13.8. The number of fused-ring (bicyclic) bond motifs is 2. The van der Waals surface area contributed by atoms with E-state index in [9.17, 15) is 18.0 Å². The highest BCUT2D eigenvalue weighted by molar-refractivity contribution is 8.00. The van der Waals surface area contributed by atoms with Crippen LogP contribution in [0.3, 0.4) is 0 Å². The largest absolute Gasteiger partial charge is 0.326 e. The lowest BCUT2D eigenvalue weighted by atomic mass is 10.1. The van der Waals surface area contributed by atoms with Gasteiger partial charge in [-0.3, -0.25) is 9.69 Å². The number of anilines is 3. The van der Waals surface area contributed by atoms with E-state index in [4.69, 9.17) is 5.14 Å². The average molecular weight is 641 g/mol. The zero-order chi connectivity index (χ0) is 30.7. The summed E-state index contributed by atoms with van der Waals surface area (Å²) in [5.41, 5.74) is 2.69. The van der Waals surface area contributed by atoms with Gasteiger partial charge >= 0.3 is 6.03 Å². The number of urea groups is 1. The van der Waals surface area contributed by atoms with Gasteiger partial charge in [0.1, 0.15) is 5.25 Å². The summed E-state index contributed by atoms with van der Waals surface area (Å²) >= 11 is 3.09. The quantitative estimate of drug-likeness (QED) is 0.191. The fraction of sp³-hybridized carbons (Fsp3) is 0.0909. The minimum Gasteiger partial charge on any atom is -0.325 e. The predicted molar refractivity (Wildman–Crippen MR) is 178 cm³/mol. The third-order valence-corrected chi connectivity index (χ3v) is 10.6. The molecule has 0 aromatic heterocycles. The van der Waals surface area contributed by atoms with Crippen molar-refractivity contribution in [2.45, 2.75) is 31.2 Å². The van der Waals surface area contributed by atoms with Crippen molar-refractivity contribution >= 4 is 62.5 Å². The van der Waals surface area contributed by atoms with Crippen LogP contribution in [0.2, 0.25) is 0 Å². The molecule has 4 aromatic carbocycles. The number of hydrogen-bond acceptors (Lipinski definition) is 6. The molecular formula is C33H28N4O4S3. The number of allylic oxidation sites excluding steroid dienone is 2. The van der Waals surface area contributed by atoms with Crippen LogP contribution in [0.1, 0.15) is 10.8 Å². The highest BCUT2D eigenvalue weighted by Gasteiger charge is 2.36. The molecule has 3 amide bonds. The number of para-hydroxylation sites is 1. The Kier molecular flexibility index (Phi) is 8.62. The highest BCUT2D eigenvalue weighted by atomic mass is 32.2. The van der Waals surface area contributed by atoms with Gasteiger partial charge in [0.15, 0.2) is 0 Å². The van der Waals surface area contributed by atoms with Crippen molar-refractivity contribution in [2.24, 2.45) is 5.14 Å². The van der Waals surface area contributed by atoms with E-state index in [2.05, 4.69) is 16.7 Å². The lowest BCUT2D eigenvalue weighted by Gasteiger charge is -2.40. The van der Waals surface area contributed by atoms with E-state index in [0.717, 1.165) is 21.0 Å². The maximum atomic E-state index is 13.8. The third-order valence-electron chi connectivity index (χ3n) is 7.09. The number of rotatable bonds is 7. The molecule has 2 aliphatic rings. The van der Waals surface area contributed by atoms with E-state index in [1.54, 1.807) is 16.7 Å². The van der Waals surface area contributed by atoms with Gasteiger partial charge in [0.05, 0.1) is 21.9 Å². The molecule has 3 atom stereocenters. The Morgan fingerprint density at radius 2 is 1.55 bits per heavy atom. The number of sulfonamides is 1. The first kappa shape index (κ1) is 29.8. The minimum atomic E-state index is -3.85. The number of carbonyl (C=O) groups is 2. The number of carbonyl (C=O) groups excluding carboxylic acids is 2. The maximum Gasteiger partial charge on any atom is 0.326 e. The second-order valence-corrected chi connectivity index (χ2v) is 14.1. The van der Waals surface area contributed by atoms with Crippen LogP contribution in [0.4, 0.5) is 21.9 Å². The Labute approximate surface area is 264 Å². The van der Waals surface area contributed by atoms with Crippen LogP contribution in [-0.4, -0.2) is 31.6 Å². The Bertz CT molecular complexity index is 1860. The Balaban J connectivity index is 1.22. The topological polar surface area (TPSA) is 122 Å². The summed E-state index contributed by atoms with van der Waals surface area (Å²) in [5, 5.41) is 10.6. The molecular weight excluding hydrogens is 613 g/mol. The molecule has 0 bridgehead atoms. The summed E-state index contributed by atoms with van der Waals surface area (Å²) in [5.74, 6) is -0.287. The van der Waals surface area contributed by atoms with Gasteiger partial charge in [-0.2, -0.15) is 0 Å². The van der Waals surface area contributed by atoms with Crippen LogP contribution < -0.4 is 20.7 Å². The van der Waals surface area contributed by atoms with E-state index >= 15 is 0 Å². The number of nitrogens with zero attached hydrogens (tertiary/aromatic N) is 1. The van der Waals surface area contributed by atoms with Gasteiger partial charge in [0.2, 0.25) is 15.9 Å². The smallest absolute Gasteiger partial charge is 0.325 e. The summed E-state index contributed by atoms with van der Waals surface area (Å²) in [7, 11) is -3.85. The van der Waals surface area contributed by atoms with Crippen molar-refractivity contribution in [3.63, 3.8) is 0 Å². The summed E-state index contributed by atoms with van der Waals surface area (Å²) in [6, 6.07) is 30.0. The number of benzene rings is 4. The van der Waals surface area contributed by atoms with Crippen molar-refractivity contribution in [2.75, 3.05) is 15.5 Å². The second kappa shape index (κ2) is 12.7. The Morgan fingerprint density at radius 1 is 0.818 bits per heavy atom. The first-order valence-corrected chi connectivity index (χ1v) is 17.0. The molecule has 1 aliphatic heterocycles. The van der Waals surface area contributed by atoms with Gasteiger partial charge < -0.3 is 10.6 Å². The standard InChI is InChI=1S/C33H28N4O4S3/c34-44(40,41)26-19-17-23(18-20-26)35-32(38)31(22-9-2-1-3-10-22)42-25-12-8-11-24(21-25)36-33(39)37-27-13-4-6-15-29(27)43-30-16-7-5-14-28(30)37/h1-21,27,29,31H,(H,35,38)(H,36,39)(H2,34,40,41). The van der Waals surface area contributed by atoms with Crippen molar-refractivity contribution in [3.05, 3.63) is 133 Å². The van der Waals surface area contributed by atoms with E-state index < -0.39 is 15.3 Å². The summed E-state index contributed by atoms with van der Waals surface area (Å²) in [6.07, 6.45) is 8.14. The summed E-state index contributed by atoms with van der Waals surface area (Å²) in [6.45, 7) is 0. The van der Waals surface area contributed by atoms with Gasteiger partial charge in [0, 0.05) is 21.2 Å². The van der Waals surface area contributed by atoms with Crippen molar-refractivity contribution in [3.8, 4) is 0 Å². The normalized spacial score (nSPS) is 17.7. The van der Waals surface area contributed by atoms with E-state index in [1.807, 2.05) is 97.1 Å². The molecule has 0 saturated heterocycles. The third kappa shape index (κ3) is 6.61. The van der Waals surface area contributed by atoms with Gasteiger partial charge in [-0.1, -0.05) is 72.8 Å². The molecule has 0 spiro atoms. The van der Waals surface area contributed by atoms with Gasteiger partial charge in [-0.05, 0) is 60.2 Å². The van der Waals surface area contributed by atoms with Crippen LogP contribution in [-0.2, 0) is 14.8 Å². The van der Waals surface area contributed by atoms with Crippen molar-refractivity contribution in [1.29, 1.82) is 0 Å². The molecule has 11 heteroatoms. The number of thioether (sulfide) groups is 2. The lowest BCUT2D eigenvalue weighted by molar-refractivity contribution is -0.115. The van der Waals surface area contributed by atoms with Gasteiger partial charge in [-0.25, -0.2) is 18.4 Å². The van der Waals surface area contributed by atoms with Crippen LogP contribution >= 0.6 is 23.5 Å². The van der Waals surface area contributed by atoms with Crippen molar-refractivity contribution in [1.82, 2.24) is 0 Å². The molecule has 4 N–H and O–H groups in total. The van der Waals surface area contributed by atoms with Crippen molar-refractivity contribution < 1.29 is 18.0 Å². The number of hydrogen-bond donors (Lipinski definition) is 3. The molecule has 0 saturated carbocycles. The Morgan fingerprint density at radius 3 is 2.32 bits per heavy atom. The zero-order valence-corrected chi connectivity index (χ0v) is 25.7. The molecule has 4 aromatic rings. The number of nitrogens with two attached hydrogens (primary N) is 1. The number of amides is 3. The molecule has 0 radical (unpaired) electrons. The molecule has 1 heterocycles. The molecule has 1 aliphatic carbocycles. The summed E-state index contributed by atoms with van der Waals surface area (Å²) < 4.78 is 23.2. The van der Waals surface area contributed by atoms with Crippen LogP contribution in [0.15, 0.2) is 142 Å². The molecule has 44 heavy (non-hydrogen) atoms. The number of nitrogens with one attached hydrogen (secondary N) is 2. The average Bonchev–Trinajstić information content (AvgIpc) is 3.02. The molecule has 3 unspecified atom stereocenters. The number of primary sulfonamides is 1. The monoisotopic (exact) mass is 640 g/mol. The lowest BCUT2D eigenvalue weighted by Crippen LogP contribution is -2.49. The fourth-order valence-corrected chi connectivity index (χ4v) is 7.89. The van der Waals surface area contributed by atoms with E-state index in [0.29, 0.717) is 11.4 Å². The Hall–Kier alpha value is -4.29. The van der Waals surface area contributed by atoms with E-state index in [1.165, 1.54) is 36.0 Å². The van der Waals surface area contributed by atoms with Crippen LogP contribution in [0.25, 0.3) is 0 Å².